The molecule has 0 radical (unpaired) electrons. The van der Waals surface area contributed by atoms with Gasteiger partial charge in [-0.25, -0.2) is 4.39 Å². The van der Waals surface area contributed by atoms with Crippen LogP contribution in [0.2, 0.25) is 0 Å². The first kappa shape index (κ1) is 13.5. The number of piperazine rings is 1. The third-order valence-electron chi connectivity index (χ3n) is 4.01. The van der Waals surface area contributed by atoms with Gasteiger partial charge in [-0.3, -0.25) is 4.90 Å². The van der Waals surface area contributed by atoms with Crippen LogP contribution >= 0.6 is 0 Å². The molecule has 1 aromatic carbocycles. The zero-order valence-corrected chi connectivity index (χ0v) is 11.8. The van der Waals surface area contributed by atoms with E-state index in [2.05, 4.69) is 31.0 Å². The summed E-state index contributed by atoms with van der Waals surface area (Å²) in [6.07, 6.45) is 0. The smallest absolute Gasteiger partial charge is 0.126 e. The van der Waals surface area contributed by atoms with Gasteiger partial charge in [-0.15, -0.1) is 0 Å². The molecule has 1 saturated heterocycles. The van der Waals surface area contributed by atoms with E-state index >= 15 is 0 Å². The van der Waals surface area contributed by atoms with Crippen molar-refractivity contribution in [1.29, 1.82) is 0 Å². The summed E-state index contributed by atoms with van der Waals surface area (Å²) >= 11 is 0. The highest BCUT2D eigenvalue weighted by atomic mass is 19.1. The molecule has 0 aromatic heterocycles. The Morgan fingerprint density at radius 1 is 1.39 bits per heavy atom. The summed E-state index contributed by atoms with van der Waals surface area (Å²) in [5.74, 6) is -0.104. The van der Waals surface area contributed by atoms with Gasteiger partial charge in [0.05, 0.1) is 0 Å². The highest BCUT2D eigenvalue weighted by Gasteiger charge is 2.33. The summed E-state index contributed by atoms with van der Waals surface area (Å²) < 4.78 is 13.7. The molecule has 0 aliphatic carbocycles. The molecule has 100 valence electrons. The Morgan fingerprint density at radius 3 is 2.72 bits per heavy atom. The van der Waals surface area contributed by atoms with Crippen LogP contribution < -0.4 is 5.32 Å². The molecule has 0 spiro atoms. The van der Waals surface area contributed by atoms with Gasteiger partial charge in [0, 0.05) is 31.2 Å². The van der Waals surface area contributed by atoms with Crippen LogP contribution in [0.15, 0.2) is 18.2 Å². The summed E-state index contributed by atoms with van der Waals surface area (Å²) in [7, 11) is 0. The lowest BCUT2D eigenvalue weighted by molar-refractivity contribution is 0.0515. The van der Waals surface area contributed by atoms with Crippen molar-refractivity contribution in [3.05, 3.63) is 35.1 Å². The lowest BCUT2D eigenvalue weighted by Crippen LogP contribution is -2.58. The molecule has 1 aliphatic rings. The highest BCUT2D eigenvalue weighted by Crippen LogP contribution is 2.29. The second kappa shape index (κ2) is 4.98. The molecule has 1 aliphatic heterocycles. The summed E-state index contributed by atoms with van der Waals surface area (Å²) in [5.41, 5.74) is 1.89. The van der Waals surface area contributed by atoms with E-state index in [1.165, 1.54) is 0 Å². The topological polar surface area (TPSA) is 15.3 Å². The van der Waals surface area contributed by atoms with Gasteiger partial charge >= 0.3 is 0 Å². The zero-order valence-electron chi connectivity index (χ0n) is 11.8. The predicted molar refractivity (Wildman–Crippen MR) is 73.2 cm³/mol. The Labute approximate surface area is 109 Å². The van der Waals surface area contributed by atoms with E-state index < -0.39 is 0 Å². The Bertz CT molecular complexity index is 429. The van der Waals surface area contributed by atoms with Crippen molar-refractivity contribution in [1.82, 2.24) is 10.2 Å². The normalized spacial score (nSPS) is 21.8. The van der Waals surface area contributed by atoms with Gasteiger partial charge in [-0.1, -0.05) is 12.1 Å². The van der Waals surface area contributed by atoms with Crippen LogP contribution in [-0.2, 0) is 0 Å². The van der Waals surface area contributed by atoms with Gasteiger partial charge in [-0.05, 0) is 44.9 Å². The summed E-state index contributed by atoms with van der Waals surface area (Å²) in [5, 5.41) is 3.42. The Kier molecular flexibility index (Phi) is 3.74. The van der Waals surface area contributed by atoms with E-state index in [0.717, 1.165) is 25.2 Å². The Morgan fingerprint density at radius 2 is 2.11 bits per heavy atom. The van der Waals surface area contributed by atoms with E-state index in [4.69, 9.17) is 0 Å². The largest absolute Gasteiger partial charge is 0.314 e. The third kappa shape index (κ3) is 2.57. The molecular weight excluding hydrogens is 227 g/mol. The number of hydrogen-bond acceptors (Lipinski definition) is 2. The zero-order chi connectivity index (χ0) is 13.3. The molecular formula is C15H23FN2. The molecule has 0 bridgehead atoms. The molecule has 1 aromatic rings. The highest BCUT2D eigenvalue weighted by molar-refractivity contribution is 5.26. The number of nitrogens with one attached hydrogen (secondary N) is 1. The van der Waals surface area contributed by atoms with Gasteiger partial charge in [0.2, 0.25) is 0 Å². The first-order chi connectivity index (χ1) is 8.42. The van der Waals surface area contributed by atoms with Crippen molar-refractivity contribution in [2.75, 3.05) is 19.6 Å². The maximum absolute atomic E-state index is 13.7. The SMILES string of the molecule is Cc1ccc(C(C)N2CCNCC2(C)C)cc1F. The fraction of sp³-hybridized carbons (Fsp3) is 0.600. The average molecular weight is 250 g/mol. The van der Waals surface area contributed by atoms with Crippen LogP contribution in [0.4, 0.5) is 4.39 Å². The van der Waals surface area contributed by atoms with Gasteiger partial charge < -0.3 is 5.32 Å². The first-order valence-electron chi connectivity index (χ1n) is 6.65. The molecule has 2 nitrogen and oxygen atoms in total. The second-order valence-corrected chi connectivity index (χ2v) is 5.87. The van der Waals surface area contributed by atoms with Crippen LogP contribution in [0.3, 0.4) is 0 Å². The van der Waals surface area contributed by atoms with Crippen LogP contribution in [0.25, 0.3) is 0 Å². The summed E-state index contributed by atoms with van der Waals surface area (Å²) in [6.45, 7) is 11.4. The van der Waals surface area contributed by atoms with E-state index in [9.17, 15) is 4.39 Å². The quantitative estimate of drug-likeness (QED) is 0.868. The van der Waals surface area contributed by atoms with Crippen molar-refractivity contribution in [2.45, 2.75) is 39.3 Å². The monoisotopic (exact) mass is 250 g/mol. The van der Waals surface area contributed by atoms with E-state index in [1.54, 1.807) is 13.0 Å². The molecule has 1 unspecified atom stereocenters. The minimum absolute atomic E-state index is 0.104. The lowest BCUT2D eigenvalue weighted by Gasteiger charge is -2.46. The van der Waals surface area contributed by atoms with E-state index in [-0.39, 0.29) is 17.4 Å². The maximum Gasteiger partial charge on any atom is 0.126 e. The molecule has 1 fully saturated rings. The fourth-order valence-corrected chi connectivity index (χ4v) is 2.76. The van der Waals surface area contributed by atoms with Crippen LogP contribution in [0.5, 0.6) is 0 Å². The van der Waals surface area contributed by atoms with Gasteiger partial charge in [0.25, 0.3) is 0 Å². The molecule has 1 atom stereocenters. The van der Waals surface area contributed by atoms with Crippen molar-refractivity contribution in [3.8, 4) is 0 Å². The number of rotatable bonds is 2. The molecule has 0 amide bonds. The van der Waals surface area contributed by atoms with Gasteiger partial charge in [0.15, 0.2) is 0 Å². The van der Waals surface area contributed by atoms with Gasteiger partial charge in [0.1, 0.15) is 5.82 Å². The number of nitrogens with zero attached hydrogens (tertiary/aromatic N) is 1. The maximum atomic E-state index is 13.7. The standard InChI is InChI=1S/C15H23FN2/c1-11-5-6-13(9-14(11)16)12(2)18-8-7-17-10-15(18,3)4/h5-6,9,12,17H,7-8,10H2,1-4H3. The van der Waals surface area contributed by atoms with E-state index in [1.807, 2.05) is 12.1 Å². The number of halogens is 1. The molecule has 1 N–H and O–H groups in total. The number of hydrogen-bond donors (Lipinski definition) is 1. The summed E-state index contributed by atoms with van der Waals surface area (Å²) in [6, 6.07) is 5.84. The van der Waals surface area contributed by atoms with Crippen molar-refractivity contribution in [2.24, 2.45) is 0 Å². The van der Waals surface area contributed by atoms with Crippen LogP contribution in [0.1, 0.15) is 37.9 Å². The minimum atomic E-state index is -0.104. The fourth-order valence-electron chi connectivity index (χ4n) is 2.76. The average Bonchev–Trinajstić information content (AvgIpc) is 2.31. The second-order valence-electron chi connectivity index (χ2n) is 5.87. The molecule has 1 heterocycles. The van der Waals surface area contributed by atoms with Crippen LogP contribution in [0, 0.1) is 12.7 Å². The molecule has 18 heavy (non-hydrogen) atoms. The van der Waals surface area contributed by atoms with Crippen LogP contribution in [-0.4, -0.2) is 30.1 Å². The minimum Gasteiger partial charge on any atom is -0.314 e. The van der Waals surface area contributed by atoms with Crippen molar-refractivity contribution < 1.29 is 4.39 Å². The Hall–Kier alpha value is -0.930. The predicted octanol–water partition coefficient (Wildman–Crippen LogP) is 2.88. The Balaban J connectivity index is 2.24. The number of benzene rings is 1. The summed E-state index contributed by atoms with van der Waals surface area (Å²) in [4.78, 5) is 2.45. The van der Waals surface area contributed by atoms with E-state index in [0.29, 0.717) is 5.56 Å². The third-order valence-corrected chi connectivity index (χ3v) is 4.01. The molecule has 0 saturated carbocycles. The van der Waals surface area contributed by atoms with Gasteiger partial charge in [-0.2, -0.15) is 0 Å². The molecule has 3 heteroatoms. The molecule has 2 rings (SSSR count). The van der Waals surface area contributed by atoms with Crippen molar-refractivity contribution in [3.63, 3.8) is 0 Å². The van der Waals surface area contributed by atoms with Crippen molar-refractivity contribution >= 4 is 0 Å². The number of aryl methyl sites for hydroxylation is 1. The lowest BCUT2D eigenvalue weighted by atomic mass is 9.94. The first-order valence-corrected chi connectivity index (χ1v) is 6.65.